The predicted molar refractivity (Wildman–Crippen MR) is 77.9 cm³/mol. The SMILES string of the molecule is CC[NH+](CC)C(C)O.CC[NH+](CC)C(C)O.O=S(=O)([O-])[O-]. The smallest absolute Gasteiger partial charge is 0.186 e. The van der Waals surface area contributed by atoms with Gasteiger partial charge in [0.1, 0.15) is 0 Å². The van der Waals surface area contributed by atoms with Crippen LogP contribution in [0.25, 0.3) is 0 Å². The highest BCUT2D eigenvalue weighted by atomic mass is 32.3. The topological polar surface area (TPSA) is 130 Å². The van der Waals surface area contributed by atoms with Gasteiger partial charge < -0.3 is 29.1 Å². The minimum Gasteiger partial charge on any atom is -0.759 e. The Labute approximate surface area is 129 Å². The second-order valence-corrected chi connectivity index (χ2v) is 5.31. The summed E-state index contributed by atoms with van der Waals surface area (Å²) >= 11 is 0. The summed E-state index contributed by atoms with van der Waals surface area (Å²) in [6, 6.07) is 0. The van der Waals surface area contributed by atoms with Gasteiger partial charge in [0.2, 0.25) is 0 Å². The van der Waals surface area contributed by atoms with E-state index < -0.39 is 10.4 Å². The molecule has 0 saturated heterocycles. The fourth-order valence-electron chi connectivity index (χ4n) is 1.68. The molecule has 0 aromatic rings. The summed E-state index contributed by atoms with van der Waals surface area (Å²) < 4.78 is 34.1. The van der Waals surface area contributed by atoms with Crippen molar-refractivity contribution in [3.8, 4) is 0 Å². The quantitative estimate of drug-likeness (QED) is 0.235. The van der Waals surface area contributed by atoms with E-state index in [1.54, 1.807) is 0 Å². The molecule has 8 nitrogen and oxygen atoms in total. The van der Waals surface area contributed by atoms with Gasteiger partial charge in [-0.15, -0.1) is 0 Å². The summed E-state index contributed by atoms with van der Waals surface area (Å²) in [5.41, 5.74) is 0. The lowest BCUT2D eigenvalue weighted by Gasteiger charge is -2.17. The number of aliphatic hydroxyl groups excluding tert-OH is 2. The summed E-state index contributed by atoms with van der Waals surface area (Å²) in [6.07, 6.45) is -0.407. The van der Waals surface area contributed by atoms with Gasteiger partial charge in [0.15, 0.2) is 12.5 Å². The molecule has 0 radical (unpaired) electrons. The van der Waals surface area contributed by atoms with E-state index in [1.807, 2.05) is 13.8 Å². The number of nitrogens with one attached hydrogen (secondary N) is 2. The molecule has 9 heteroatoms. The first-order chi connectivity index (χ1) is 9.44. The van der Waals surface area contributed by atoms with Crippen LogP contribution < -0.4 is 9.80 Å². The van der Waals surface area contributed by atoms with Gasteiger partial charge in [-0.3, -0.25) is 8.42 Å². The van der Waals surface area contributed by atoms with Gasteiger partial charge in [-0.2, -0.15) is 0 Å². The second kappa shape index (κ2) is 14.6. The number of quaternary nitrogens is 2. The molecule has 0 heterocycles. The van der Waals surface area contributed by atoms with Gasteiger partial charge in [0.25, 0.3) is 0 Å². The Kier molecular flexibility index (Phi) is 17.9. The molecule has 132 valence electrons. The molecule has 0 aliphatic carbocycles. The van der Waals surface area contributed by atoms with Gasteiger partial charge in [0, 0.05) is 24.2 Å². The largest absolute Gasteiger partial charge is 0.759 e. The van der Waals surface area contributed by atoms with E-state index >= 15 is 0 Å². The van der Waals surface area contributed by atoms with Crippen LogP contribution in [-0.2, 0) is 10.4 Å². The van der Waals surface area contributed by atoms with Crippen LogP contribution in [0.2, 0.25) is 0 Å². The first kappa shape index (κ1) is 25.7. The summed E-state index contributed by atoms with van der Waals surface area (Å²) in [5.74, 6) is 0. The van der Waals surface area contributed by atoms with Crippen molar-refractivity contribution >= 4 is 10.4 Å². The monoisotopic (exact) mass is 332 g/mol. The van der Waals surface area contributed by atoms with Crippen molar-refractivity contribution in [2.75, 3.05) is 26.2 Å². The third-order valence-electron chi connectivity index (χ3n) is 3.00. The van der Waals surface area contributed by atoms with Gasteiger partial charge >= 0.3 is 0 Å². The Morgan fingerprint density at radius 3 is 0.952 bits per heavy atom. The Balaban J connectivity index is -0.000000239. The van der Waals surface area contributed by atoms with Gasteiger partial charge in [0.05, 0.1) is 26.2 Å². The maximum Gasteiger partial charge on any atom is 0.186 e. The summed E-state index contributed by atoms with van der Waals surface area (Å²) in [5, 5.41) is 18.0. The Morgan fingerprint density at radius 1 is 0.810 bits per heavy atom. The molecule has 0 aromatic carbocycles. The van der Waals surface area contributed by atoms with Gasteiger partial charge in [-0.1, -0.05) is 0 Å². The van der Waals surface area contributed by atoms with E-state index in [9.17, 15) is 0 Å². The summed E-state index contributed by atoms with van der Waals surface area (Å²) in [6.45, 7) is 16.0. The molecule has 0 aliphatic rings. The Hall–Kier alpha value is -0.290. The first-order valence-electron chi connectivity index (χ1n) is 7.16. The minimum atomic E-state index is -5.17. The maximum absolute atomic E-state index is 8.98. The molecule has 0 aliphatic heterocycles. The van der Waals surface area contributed by atoms with Crippen LogP contribution in [0.4, 0.5) is 0 Å². The summed E-state index contributed by atoms with van der Waals surface area (Å²) in [7, 11) is -5.17. The highest BCUT2D eigenvalue weighted by Gasteiger charge is 2.07. The Bertz CT molecular complexity index is 277. The fourth-order valence-corrected chi connectivity index (χ4v) is 1.68. The molecule has 0 saturated carbocycles. The van der Waals surface area contributed by atoms with E-state index in [0.717, 1.165) is 26.2 Å². The van der Waals surface area contributed by atoms with Crippen LogP contribution in [0, 0.1) is 0 Å². The van der Waals surface area contributed by atoms with Crippen molar-refractivity contribution in [1.82, 2.24) is 0 Å². The zero-order valence-electron chi connectivity index (χ0n) is 13.9. The van der Waals surface area contributed by atoms with E-state index in [0.29, 0.717) is 0 Å². The Morgan fingerprint density at radius 2 is 0.952 bits per heavy atom. The minimum absolute atomic E-state index is 0.204. The van der Waals surface area contributed by atoms with Crippen molar-refractivity contribution in [3.63, 3.8) is 0 Å². The molecule has 21 heavy (non-hydrogen) atoms. The van der Waals surface area contributed by atoms with Crippen LogP contribution >= 0.6 is 0 Å². The van der Waals surface area contributed by atoms with Gasteiger partial charge in [-0.25, -0.2) is 0 Å². The van der Waals surface area contributed by atoms with Crippen LogP contribution in [0.3, 0.4) is 0 Å². The number of aliphatic hydroxyl groups is 2. The molecule has 0 amide bonds. The number of hydrogen-bond donors (Lipinski definition) is 4. The maximum atomic E-state index is 8.98. The third kappa shape index (κ3) is 25.0. The lowest BCUT2D eigenvalue weighted by atomic mass is 10.5. The molecule has 2 atom stereocenters. The molecular weight excluding hydrogens is 300 g/mol. The van der Waals surface area contributed by atoms with Crippen molar-refractivity contribution in [3.05, 3.63) is 0 Å². The normalized spacial score (nSPS) is 13.9. The number of hydrogen-bond acceptors (Lipinski definition) is 6. The van der Waals surface area contributed by atoms with Crippen LogP contribution in [0.15, 0.2) is 0 Å². The lowest BCUT2D eigenvalue weighted by molar-refractivity contribution is -0.942. The molecule has 0 spiro atoms. The molecule has 0 bridgehead atoms. The standard InChI is InChI=1S/2C6H15NO.H2O4S/c2*1-4-7(5-2)6(3)8;1-5(2,3)4/h2*6,8H,4-5H2,1-3H3;(H2,1,2,3,4). The number of rotatable bonds is 6. The third-order valence-corrected chi connectivity index (χ3v) is 3.00. The lowest BCUT2D eigenvalue weighted by Crippen LogP contribution is -3.14. The molecular formula is C12H32N2O6S. The zero-order valence-corrected chi connectivity index (χ0v) is 14.7. The van der Waals surface area contributed by atoms with Gasteiger partial charge in [-0.05, 0) is 27.7 Å². The average molecular weight is 332 g/mol. The van der Waals surface area contributed by atoms with E-state index in [2.05, 4.69) is 27.7 Å². The average Bonchev–Trinajstić information content (AvgIpc) is 2.29. The molecule has 0 aromatic heterocycles. The van der Waals surface area contributed by atoms with Crippen molar-refractivity contribution in [2.24, 2.45) is 0 Å². The highest BCUT2D eigenvalue weighted by Crippen LogP contribution is 1.61. The van der Waals surface area contributed by atoms with E-state index in [-0.39, 0.29) is 12.5 Å². The highest BCUT2D eigenvalue weighted by molar-refractivity contribution is 7.79. The zero-order chi connectivity index (χ0) is 17.6. The molecule has 4 N–H and O–H groups in total. The van der Waals surface area contributed by atoms with Crippen molar-refractivity contribution in [1.29, 1.82) is 0 Å². The van der Waals surface area contributed by atoms with Crippen LogP contribution in [0.5, 0.6) is 0 Å². The fraction of sp³-hybridized carbons (Fsp3) is 1.00. The molecule has 0 fully saturated rings. The predicted octanol–water partition coefficient (Wildman–Crippen LogP) is -2.84. The first-order valence-corrected chi connectivity index (χ1v) is 8.49. The van der Waals surface area contributed by atoms with Crippen molar-refractivity contribution in [2.45, 2.75) is 54.0 Å². The molecule has 0 rings (SSSR count). The summed E-state index contributed by atoms with van der Waals surface area (Å²) in [4.78, 5) is 2.48. The molecule has 2 unspecified atom stereocenters. The van der Waals surface area contributed by atoms with Crippen molar-refractivity contribution < 1.29 is 37.5 Å². The van der Waals surface area contributed by atoms with Crippen LogP contribution in [-0.4, -0.2) is 66.4 Å². The van der Waals surface area contributed by atoms with Crippen LogP contribution in [0.1, 0.15) is 41.5 Å². The second-order valence-electron chi connectivity index (χ2n) is 4.49. The van der Waals surface area contributed by atoms with E-state index in [4.69, 9.17) is 27.7 Å². The van der Waals surface area contributed by atoms with E-state index in [1.165, 1.54) is 9.80 Å².